The van der Waals surface area contributed by atoms with Crippen LogP contribution in [0.3, 0.4) is 0 Å². The predicted octanol–water partition coefficient (Wildman–Crippen LogP) is 1.38. The fourth-order valence-corrected chi connectivity index (χ4v) is 1.62. The molecule has 96 valence electrons. The zero-order chi connectivity index (χ0) is 12.9. The first-order valence-electron chi connectivity index (χ1n) is 5.44. The van der Waals surface area contributed by atoms with Gasteiger partial charge in [-0.1, -0.05) is 24.9 Å². The van der Waals surface area contributed by atoms with E-state index in [1.807, 2.05) is 6.92 Å². The van der Waals surface area contributed by atoms with Crippen molar-refractivity contribution in [3.63, 3.8) is 0 Å². The van der Waals surface area contributed by atoms with Gasteiger partial charge in [0.25, 0.3) is 0 Å². The Morgan fingerprint density at radius 3 is 2.88 bits per heavy atom. The maximum Gasteiger partial charge on any atom is 0.239 e. The second kappa shape index (κ2) is 6.00. The maximum absolute atomic E-state index is 10.0. The fraction of sp³-hybridized carbons (Fsp3) is 0.600. The van der Waals surface area contributed by atoms with E-state index in [2.05, 4.69) is 20.7 Å². The van der Waals surface area contributed by atoms with Gasteiger partial charge in [0.2, 0.25) is 5.95 Å². The molecule has 0 aliphatic carbocycles. The number of hydrogen-bond acceptors (Lipinski definition) is 6. The van der Waals surface area contributed by atoms with Crippen molar-refractivity contribution < 1.29 is 5.11 Å². The van der Waals surface area contributed by atoms with Crippen LogP contribution in [0.4, 0.5) is 11.8 Å². The van der Waals surface area contributed by atoms with Crippen molar-refractivity contribution in [2.75, 3.05) is 17.3 Å². The molecule has 1 unspecified atom stereocenters. The predicted molar refractivity (Wildman–Crippen MR) is 68.9 cm³/mol. The Morgan fingerprint density at radius 1 is 1.59 bits per heavy atom. The molecule has 0 aliphatic rings. The van der Waals surface area contributed by atoms with E-state index in [1.54, 1.807) is 6.92 Å². The largest absolute Gasteiger partial charge is 0.388 e. The van der Waals surface area contributed by atoms with Crippen LogP contribution in [0.2, 0.25) is 5.02 Å². The van der Waals surface area contributed by atoms with Crippen molar-refractivity contribution in [3.8, 4) is 0 Å². The number of nitrogens with two attached hydrogens (primary N) is 1. The molecule has 0 fully saturated rings. The van der Waals surface area contributed by atoms with Crippen molar-refractivity contribution in [1.82, 2.24) is 9.97 Å². The third kappa shape index (κ3) is 4.33. The standard InChI is InChI=1S/C10H18ClN5O/c1-3-4-10(2,17)6-14-8-7(11)5-13-9(15-8)16-12/h5,17H,3-4,6,12H2,1-2H3,(H2,13,14,15,16). The zero-order valence-electron chi connectivity index (χ0n) is 10.00. The van der Waals surface area contributed by atoms with Gasteiger partial charge in [-0.05, 0) is 13.3 Å². The quantitative estimate of drug-likeness (QED) is 0.455. The molecule has 1 aromatic rings. The molecule has 0 radical (unpaired) electrons. The van der Waals surface area contributed by atoms with Gasteiger partial charge in [-0.15, -0.1) is 0 Å². The van der Waals surface area contributed by atoms with Crippen LogP contribution < -0.4 is 16.6 Å². The van der Waals surface area contributed by atoms with E-state index in [1.165, 1.54) is 6.20 Å². The fourth-order valence-electron chi connectivity index (χ4n) is 1.46. The number of hydrogen-bond donors (Lipinski definition) is 4. The molecule has 5 N–H and O–H groups in total. The van der Waals surface area contributed by atoms with Gasteiger partial charge in [-0.25, -0.2) is 10.8 Å². The molecule has 0 aromatic carbocycles. The summed E-state index contributed by atoms with van der Waals surface area (Å²) in [6.07, 6.45) is 3.05. The van der Waals surface area contributed by atoms with Gasteiger partial charge in [0, 0.05) is 6.54 Å². The van der Waals surface area contributed by atoms with Crippen molar-refractivity contribution in [3.05, 3.63) is 11.2 Å². The Kier molecular flexibility index (Phi) is 4.92. The number of nitrogens with zero attached hydrogens (tertiary/aromatic N) is 2. The minimum Gasteiger partial charge on any atom is -0.388 e. The Bertz CT molecular complexity index is 372. The van der Waals surface area contributed by atoms with Crippen LogP contribution in [0.25, 0.3) is 0 Å². The van der Waals surface area contributed by atoms with Crippen LogP contribution in [0.15, 0.2) is 6.20 Å². The Hall–Kier alpha value is -1.11. The van der Waals surface area contributed by atoms with Crippen LogP contribution in [-0.2, 0) is 0 Å². The minimum atomic E-state index is -0.792. The Balaban J connectivity index is 2.68. The van der Waals surface area contributed by atoms with E-state index >= 15 is 0 Å². The number of nitrogen functional groups attached to an aromatic ring is 1. The second-order valence-corrected chi connectivity index (χ2v) is 4.54. The van der Waals surface area contributed by atoms with E-state index in [9.17, 15) is 5.11 Å². The molecule has 0 saturated heterocycles. The molecule has 0 amide bonds. The number of rotatable bonds is 6. The number of nitrogens with one attached hydrogen (secondary N) is 2. The molecule has 1 rings (SSSR count). The first kappa shape index (κ1) is 14.0. The highest BCUT2D eigenvalue weighted by molar-refractivity contribution is 6.32. The highest BCUT2D eigenvalue weighted by atomic mass is 35.5. The number of halogens is 1. The molecule has 0 spiro atoms. The van der Waals surface area contributed by atoms with Gasteiger partial charge in [0.15, 0.2) is 5.82 Å². The Labute approximate surface area is 106 Å². The van der Waals surface area contributed by atoms with E-state index in [-0.39, 0.29) is 5.95 Å². The molecule has 1 aromatic heterocycles. The van der Waals surface area contributed by atoms with Crippen molar-refractivity contribution in [1.29, 1.82) is 0 Å². The summed E-state index contributed by atoms with van der Waals surface area (Å²) >= 11 is 5.92. The van der Waals surface area contributed by atoms with E-state index in [0.29, 0.717) is 23.8 Å². The number of hydrazine groups is 1. The highest BCUT2D eigenvalue weighted by Gasteiger charge is 2.19. The molecule has 1 heterocycles. The summed E-state index contributed by atoms with van der Waals surface area (Å²) in [5.74, 6) is 5.92. The molecule has 6 nitrogen and oxygen atoms in total. The van der Waals surface area contributed by atoms with Gasteiger partial charge in [0.1, 0.15) is 5.02 Å². The average Bonchev–Trinajstić information content (AvgIpc) is 2.28. The molecule has 0 bridgehead atoms. The molecule has 1 atom stereocenters. The summed E-state index contributed by atoms with van der Waals surface area (Å²) in [6.45, 7) is 4.14. The number of aromatic nitrogens is 2. The van der Waals surface area contributed by atoms with Crippen LogP contribution in [0, 0.1) is 0 Å². The van der Waals surface area contributed by atoms with Crippen LogP contribution >= 0.6 is 11.6 Å². The van der Waals surface area contributed by atoms with E-state index in [4.69, 9.17) is 17.4 Å². The van der Waals surface area contributed by atoms with Gasteiger partial charge < -0.3 is 10.4 Å². The van der Waals surface area contributed by atoms with Gasteiger partial charge in [0.05, 0.1) is 11.8 Å². The van der Waals surface area contributed by atoms with Gasteiger partial charge in [-0.2, -0.15) is 4.98 Å². The van der Waals surface area contributed by atoms with Crippen LogP contribution in [0.5, 0.6) is 0 Å². The summed E-state index contributed by atoms with van der Waals surface area (Å²) in [4.78, 5) is 7.91. The molecular weight excluding hydrogens is 242 g/mol. The maximum atomic E-state index is 10.0. The average molecular weight is 260 g/mol. The lowest BCUT2D eigenvalue weighted by Gasteiger charge is -2.23. The van der Waals surface area contributed by atoms with Crippen molar-refractivity contribution in [2.24, 2.45) is 5.84 Å². The third-order valence-electron chi connectivity index (χ3n) is 2.30. The second-order valence-electron chi connectivity index (χ2n) is 4.13. The SMILES string of the molecule is CCCC(C)(O)CNc1nc(NN)ncc1Cl. The molecule has 7 heteroatoms. The summed E-state index contributed by atoms with van der Waals surface area (Å²) < 4.78 is 0. The molecule has 17 heavy (non-hydrogen) atoms. The molecule has 0 saturated carbocycles. The number of anilines is 2. The zero-order valence-corrected chi connectivity index (χ0v) is 10.8. The van der Waals surface area contributed by atoms with Crippen molar-refractivity contribution >= 4 is 23.4 Å². The van der Waals surface area contributed by atoms with Crippen LogP contribution in [0.1, 0.15) is 26.7 Å². The lowest BCUT2D eigenvalue weighted by atomic mass is 10.0. The number of aliphatic hydroxyl groups is 1. The topological polar surface area (TPSA) is 96.1 Å². The summed E-state index contributed by atoms with van der Waals surface area (Å²) in [5.41, 5.74) is 1.54. The smallest absolute Gasteiger partial charge is 0.239 e. The minimum absolute atomic E-state index is 0.270. The van der Waals surface area contributed by atoms with E-state index < -0.39 is 5.60 Å². The van der Waals surface area contributed by atoms with Gasteiger partial charge in [-0.3, -0.25) is 5.43 Å². The molecule has 0 aliphatic heterocycles. The first-order valence-corrected chi connectivity index (χ1v) is 5.81. The lowest BCUT2D eigenvalue weighted by molar-refractivity contribution is 0.0636. The Morgan fingerprint density at radius 2 is 2.29 bits per heavy atom. The summed E-state index contributed by atoms with van der Waals surface area (Å²) in [7, 11) is 0. The first-order chi connectivity index (χ1) is 7.98. The van der Waals surface area contributed by atoms with Crippen molar-refractivity contribution in [2.45, 2.75) is 32.3 Å². The van der Waals surface area contributed by atoms with E-state index in [0.717, 1.165) is 6.42 Å². The highest BCUT2D eigenvalue weighted by Crippen LogP contribution is 2.20. The monoisotopic (exact) mass is 259 g/mol. The normalized spacial score (nSPS) is 14.2. The summed E-state index contributed by atoms with van der Waals surface area (Å²) in [5, 5.41) is 13.4. The van der Waals surface area contributed by atoms with Gasteiger partial charge >= 0.3 is 0 Å². The summed E-state index contributed by atoms with van der Waals surface area (Å²) in [6, 6.07) is 0. The lowest BCUT2D eigenvalue weighted by Crippen LogP contribution is -2.33. The van der Waals surface area contributed by atoms with Crippen LogP contribution in [-0.4, -0.2) is 27.2 Å². The third-order valence-corrected chi connectivity index (χ3v) is 2.58. The molecular formula is C10H18ClN5O.